The van der Waals surface area contributed by atoms with Crippen molar-refractivity contribution < 1.29 is 14.3 Å². The lowest BCUT2D eigenvalue weighted by atomic mass is 10.2. The molecule has 2 aromatic rings. The van der Waals surface area contributed by atoms with Gasteiger partial charge in [0.25, 0.3) is 11.8 Å². The molecule has 0 aliphatic heterocycles. The average Bonchev–Trinajstić information content (AvgIpc) is 2.46. The molecule has 0 aliphatic carbocycles. The summed E-state index contributed by atoms with van der Waals surface area (Å²) in [6.07, 6.45) is 2.38. The van der Waals surface area contributed by atoms with Gasteiger partial charge in [0.2, 0.25) is 0 Å². The molecule has 0 aliphatic rings. The number of carbonyl (C=O) groups excluding carboxylic acids is 2. The van der Waals surface area contributed by atoms with Crippen LogP contribution in [0.15, 0.2) is 48.8 Å². The van der Waals surface area contributed by atoms with Gasteiger partial charge in [0.1, 0.15) is 0 Å². The smallest absolute Gasteiger partial charge is 0.270 e. The molecule has 1 aromatic carbocycles. The second-order valence-electron chi connectivity index (χ2n) is 3.86. The Balaban J connectivity index is 1.94. The van der Waals surface area contributed by atoms with Crippen LogP contribution in [0.4, 0.5) is 0 Å². The molecule has 0 bridgehead atoms. The first-order chi connectivity index (χ1) is 9.56. The van der Waals surface area contributed by atoms with E-state index in [9.17, 15) is 14.8 Å². The topological polar surface area (TPSA) is 85.1 Å². The zero-order valence-corrected chi connectivity index (χ0v) is 10.9. The van der Waals surface area contributed by atoms with Gasteiger partial charge in [-0.2, -0.15) is 4.73 Å². The van der Waals surface area contributed by atoms with Crippen molar-refractivity contribution in [2.45, 2.75) is 0 Å². The number of carbonyl (C=O) groups is 2. The molecule has 6 nitrogen and oxygen atoms in total. The van der Waals surface area contributed by atoms with Crippen LogP contribution in [0.2, 0.25) is 5.02 Å². The highest BCUT2D eigenvalue weighted by atomic mass is 35.5. The zero-order valence-electron chi connectivity index (χ0n) is 10.2. The van der Waals surface area contributed by atoms with Crippen molar-refractivity contribution >= 4 is 23.4 Å². The van der Waals surface area contributed by atoms with Gasteiger partial charge in [-0.05, 0) is 24.3 Å². The Hall–Kier alpha value is -2.60. The summed E-state index contributed by atoms with van der Waals surface area (Å²) in [6.45, 7) is 0. The first-order valence-corrected chi connectivity index (χ1v) is 5.99. The van der Waals surface area contributed by atoms with Crippen LogP contribution in [0, 0.1) is 5.21 Å². The van der Waals surface area contributed by atoms with Crippen LogP contribution in [-0.4, -0.2) is 11.8 Å². The molecule has 0 saturated carbocycles. The summed E-state index contributed by atoms with van der Waals surface area (Å²) in [5.74, 6) is -0.988. The van der Waals surface area contributed by atoms with Crippen molar-refractivity contribution in [1.29, 1.82) is 0 Å². The van der Waals surface area contributed by atoms with Crippen molar-refractivity contribution in [2.75, 3.05) is 0 Å². The van der Waals surface area contributed by atoms with E-state index in [1.54, 1.807) is 12.1 Å². The third-order valence-corrected chi connectivity index (χ3v) is 2.71. The third-order valence-electron chi connectivity index (χ3n) is 2.46. The van der Waals surface area contributed by atoms with Gasteiger partial charge in [-0.3, -0.25) is 20.4 Å². The molecule has 0 radical (unpaired) electrons. The van der Waals surface area contributed by atoms with Gasteiger partial charge in [-0.15, -0.1) is 0 Å². The van der Waals surface area contributed by atoms with Gasteiger partial charge in [0.05, 0.1) is 5.56 Å². The molecular formula is C13H10ClN3O3. The first-order valence-electron chi connectivity index (χ1n) is 5.61. The molecule has 2 N–H and O–H groups in total. The summed E-state index contributed by atoms with van der Waals surface area (Å²) in [4.78, 5) is 23.4. The van der Waals surface area contributed by atoms with E-state index in [0.717, 1.165) is 0 Å². The molecule has 0 saturated heterocycles. The number of halogens is 1. The van der Waals surface area contributed by atoms with E-state index >= 15 is 0 Å². The van der Waals surface area contributed by atoms with Crippen molar-refractivity contribution in [2.24, 2.45) is 0 Å². The molecule has 2 amide bonds. The Morgan fingerprint density at radius 3 is 1.85 bits per heavy atom. The molecule has 0 atom stereocenters. The number of pyridine rings is 1. The van der Waals surface area contributed by atoms with Gasteiger partial charge in [-0.1, -0.05) is 11.6 Å². The molecule has 1 aromatic heterocycles. The molecule has 20 heavy (non-hydrogen) atoms. The van der Waals surface area contributed by atoms with E-state index in [1.165, 1.54) is 36.7 Å². The van der Waals surface area contributed by atoms with Crippen molar-refractivity contribution in [3.63, 3.8) is 0 Å². The molecule has 0 unspecified atom stereocenters. The largest absolute Gasteiger partial charge is 0.619 e. The number of hydrogen-bond acceptors (Lipinski definition) is 3. The highest BCUT2D eigenvalue weighted by Gasteiger charge is 2.09. The Labute approximate surface area is 119 Å². The van der Waals surface area contributed by atoms with Crippen LogP contribution < -0.4 is 15.6 Å². The summed E-state index contributed by atoms with van der Waals surface area (Å²) >= 11 is 5.71. The monoisotopic (exact) mass is 291 g/mol. The van der Waals surface area contributed by atoms with Crippen LogP contribution in [0.25, 0.3) is 0 Å². The number of hydrogen-bond donors (Lipinski definition) is 2. The van der Waals surface area contributed by atoms with Crippen LogP contribution in [0.3, 0.4) is 0 Å². The normalized spacial score (nSPS) is 9.85. The number of benzene rings is 1. The van der Waals surface area contributed by atoms with Crippen LogP contribution in [-0.2, 0) is 0 Å². The van der Waals surface area contributed by atoms with Gasteiger partial charge in [0, 0.05) is 22.7 Å². The van der Waals surface area contributed by atoms with E-state index in [1.807, 2.05) is 0 Å². The summed E-state index contributed by atoms with van der Waals surface area (Å²) < 4.78 is 0.559. The van der Waals surface area contributed by atoms with Gasteiger partial charge in [0.15, 0.2) is 12.4 Å². The summed E-state index contributed by atoms with van der Waals surface area (Å²) in [5.41, 5.74) is 5.13. The predicted molar refractivity (Wildman–Crippen MR) is 71.8 cm³/mol. The Bertz CT molecular complexity index is 569. The maximum Gasteiger partial charge on any atom is 0.270 e. The molecule has 7 heteroatoms. The fourth-order valence-corrected chi connectivity index (χ4v) is 1.55. The quantitative estimate of drug-likeness (QED) is 0.493. The minimum atomic E-state index is -0.520. The van der Waals surface area contributed by atoms with Crippen LogP contribution in [0.1, 0.15) is 20.7 Å². The van der Waals surface area contributed by atoms with Crippen LogP contribution in [0.5, 0.6) is 0 Å². The minimum Gasteiger partial charge on any atom is -0.619 e. The van der Waals surface area contributed by atoms with E-state index in [0.29, 0.717) is 15.3 Å². The standard InChI is InChI=1S/C13H10ClN3O3/c14-11-3-1-9(2-4-11)12(18)15-16-13(19)10-5-7-17(20)8-6-10/h1-8H,(H,15,18)(H,16,19). The number of nitrogens with one attached hydrogen (secondary N) is 2. The zero-order chi connectivity index (χ0) is 14.5. The van der Waals surface area contributed by atoms with Gasteiger partial charge < -0.3 is 5.21 Å². The van der Waals surface area contributed by atoms with E-state index in [4.69, 9.17) is 11.6 Å². The summed E-state index contributed by atoms with van der Waals surface area (Å²) in [7, 11) is 0. The second kappa shape index (κ2) is 6.03. The second-order valence-corrected chi connectivity index (χ2v) is 4.30. The highest BCUT2D eigenvalue weighted by Crippen LogP contribution is 2.09. The fraction of sp³-hybridized carbons (Fsp3) is 0. The van der Waals surface area contributed by atoms with E-state index in [-0.39, 0.29) is 5.56 Å². The van der Waals surface area contributed by atoms with Crippen LogP contribution >= 0.6 is 11.6 Å². The highest BCUT2D eigenvalue weighted by molar-refractivity contribution is 6.30. The third kappa shape index (κ3) is 3.46. The number of nitrogens with zero attached hydrogens (tertiary/aromatic N) is 1. The average molecular weight is 292 g/mol. The minimum absolute atomic E-state index is 0.258. The summed E-state index contributed by atoms with van der Waals surface area (Å²) in [5, 5.41) is 11.3. The number of aromatic nitrogens is 1. The van der Waals surface area contributed by atoms with E-state index < -0.39 is 11.8 Å². The SMILES string of the molecule is O=C(NNC(=O)c1cc[n+]([O-])cc1)c1ccc(Cl)cc1. The molecule has 2 rings (SSSR count). The van der Waals surface area contributed by atoms with E-state index in [2.05, 4.69) is 10.9 Å². The predicted octanol–water partition coefficient (Wildman–Crippen LogP) is 1.05. The number of amides is 2. The molecular weight excluding hydrogens is 282 g/mol. The molecule has 1 heterocycles. The number of hydrazine groups is 1. The lowest BCUT2D eigenvalue weighted by Crippen LogP contribution is -2.41. The Kier molecular flexibility index (Phi) is 4.17. The maximum atomic E-state index is 11.7. The summed E-state index contributed by atoms with van der Waals surface area (Å²) in [6, 6.07) is 8.90. The van der Waals surface area contributed by atoms with Gasteiger partial charge in [-0.25, -0.2) is 0 Å². The Morgan fingerprint density at radius 1 is 0.900 bits per heavy atom. The molecule has 0 fully saturated rings. The maximum absolute atomic E-state index is 11.7. The lowest BCUT2D eigenvalue weighted by Gasteiger charge is -2.07. The number of rotatable bonds is 2. The fourth-order valence-electron chi connectivity index (χ4n) is 1.42. The van der Waals surface area contributed by atoms with Crippen molar-refractivity contribution in [3.05, 3.63) is 70.1 Å². The molecule has 102 valence electrons. The molecule has 0 spiro atoms. The first kappa shape index (κ1) is 13.8. The Morgan fingerprint density at radius 2 is 1.35 bits per heavy atom. The van der Waals surface area contributed by atoms with Crippen molar-refractivity contribution in [3.8, 4) is 0 Å². The lowest BCUT2D eigenvalue weighted by molar-refractivity contribution is -0.605. The van der Waals surface area contributed by atoms with Gasteiger partial charge >= 0.3 is 0 Å². The van der Waals surface area contributed by atoms with Crippen molar-refractivity contribution in [1.82, 2.24) is 10.9 Å².